The smallest absolute Gasteiger partial charge is 0.164 e. The molecular weight excluding hydrogens is 282 g/mol. The maximum atomic E-state index is 12.9. The van der Waals surface area contributed by atoms with E-state index in [4.69, 9.17) is 0 Å². The molecule has 0 spiro atoms. The van der Waals surface area contributed by atoms with E-state index in [1.54, 1.807) is 0 Å². The predicted molar refractivity (Wildman–Crippen MR) is 94.5 cm³/mol. The van der Waals surface area contributed by atoms with Gasteiger partial charge in [-0.05, 0) is 57.8 Å². The second-order valence-electron chi connectivity index (χ2n) is 6.95. The third-order valence-corrected chi connectivity index (χ3v) is 5.60. The lowest BCUT2D eigenvalue weighted by Crippen LogP contribution is -2.29. The Morgan fingerprint density at radius 3 is 2.87 bits per heavy atom. The molecule has 3 aromatic rings. The van der Waals surface area contributed by atoms with E-state index in [9.17, 15) is 4.79 Å². The molecular formula is C21H19NO. The van der Waals surface area contributed by atoms with Crippen LogP contribution < -0.4 is 10.5 Å². The summed E-state index contributed by atoms with van der Waals surface area (Å²) in [6.45, 7) is 4.12. The topological polar surface area (TPSA) is 29.1 Å². The molecule has 114 valence electrons. The summed E-state index contributed by atoms with van der Waals surface area (Å²) in [7, 11) is 0. The van der Waals surface area contributed by atoms with Gasteiger partial charge in [0.2, 0.25) is 0 Å². The van der Waals surface area contributed by atoms with Gasteiger partial charge < -0.3 is 5.32 Å². The van der Waals surface area contributed by atoms with Gasteiger partial charge in [-0.15, -0.1) is 0 Å². The van der Waals surface area contributed by atoms with Crippen LogP contribution in [0.5, 0.6) is 0 Å². The van der Waals surface area contributed by atoms with Crippen LogP contribution in [0, 0.1) is 12.8 Å². The highest BCUT2D eigenvalue weighted by molar-refractivity contribution is 6.23. The van der Waals surface area contributed by atoms with Gasteiger partial charge in [-0.2, -0.15) is 0 Å². The number of carbonyl (C=O) groups is 1. The minimum absolute atomic E-state index is 0.323. The normalized spacial score (nSPS) is 20.8. The average Bonchev–Trinajstić information content (AvgIpc) is 3.07. The first-order valence-corrected chi connectivity index (χ1v) is 8.46. The molecule has 2 aliphatic rings. The lowest BCUT2D eigenvalue weighted by Gasteiger charge is -2.22. The first-order chi connectivity index (χ1) is 11.2. The molecule has 1 unspecified atom stereocenters. The third kappa shape index (κ3) is 1.76. The zero-order chi connectivity index (χ0) is 15.6. The first-order valence-electron chi connectivity index (χ1n) is 8.46. The summed E-state index contributed by atoms with van der Waals surface area (Å²) in [5, 5.41) is 9.89. The molecule has 1 fully saturated rings. The molecule has 1 N–H and O–H groups in total. The summed E-state index contributed by atoms with van der Waals surface area (Å²) in [5.74, 6) is 0.694. The van der Waals surface area contributed by atoms with E-state index in [0.717, 1.165) is 25.1 Å². The Balaban J connectivity index is 2.03. The molecule has 1 atom stereocenters. The Hall–Kier alpha value is -2.19. The minimum atomic E-state index is 0.323. The highest BCUT2D eigenvalue weighted by Gasteiger charge is 2.29. The van der Waals surface area contributed by atoms with E-state index < -0.39 is 0 Å². The van der Waals surface area contributed by atoms with Crippen molar-refractivity contribution in [3.63, 3.8) is 0 Å². The summed E-state index contributed by atoms with van der Waals surface area (Å²) in [4.78, 5) is 12.9. The van der Waals surface area contributed by atoms with Crippen molar-refractivity contribution in [2.75, 3.05) is 13.1 Å². The van der Waals surface area contributed by atoms with Gasteiger partial charge in [0.25, 0.3) is 0 Å². The molecule has 3 aromatic carbocycles. The lowest BCUT2D eigenvalue weighted by atomic mass is 9.80. The Labute approximate surface area is 135 Å². The number of nitrogens with one attached hydrogen (secondary N) is 1. The predicted octanol–water partition coefficient (Wildman–Crippen LogP) is 2.91. The van der Waals surface area contributed by atoms with Gasteiger partial charge >= 0.3 is 0 Å². The lowest BCUT2D eigenvalue weighted by molar-refractivity contribution is -0.113. The van der Waals surface area contributed by atoms with E-state index in [-0.39, 0.29) is 0 Å². The van der Waals surface area contributed by atoms with E-state index in [1.807, 2.05) is 0 Å². The Morgan fingerprint density at radius 1 is 1.13 bits per heavy atom. The summed E-state index contributed by atoms with van der Waals surface area (Å²) in [5.41, 5.74) is 3.54. The second-order valence-corrected chi connectivity index (χ2v) is 6.95. The summed E-state index contributed by atoms with van der Waals surface area (Å²) in [6.07, 6.45) is 1.63. The highest BCUT2D eigenvalue weighted by atomic mass is 16.1. The molecule has 2 nitrogen and oxygen atoms in total. The molecule has 0 radical (unpaired) electrons. The number of hydrogen-bond donors (Lipinski definition) is 1. The van der Waals surface area contributed by atoms with Crippen LogP contribution in [0.3, 0.4) is 0 Å². The van der Waals surface area contributed by atoms with Crippen molar-refractivity contribution in [1.29, 1.82) is 0 Å². The van der Waals surface area contributed by atoms with Crippen molar-refractivity contribution in [2.45, 2.75) is 19.8 Å². The molecule has 0 aromatic heterocycles. The number of carbonyl (C=O) groups excluding carboxylic acids is 1. The third-order valence-electron chi connectivity index (χ3n) is 5.60. The number of aryl methyl sites for hydroxylation is 1. The number of rotatable bonds is 1. The van der Waals surface area contributed by atoms with Gasteiger partial charge in [0.1, 0.15) is 0 Å². The van der Waals surface area contributed by atoms with Crippen molar-refractivity contribution in [3.05, 3.63) is 52.7 Å². The van der Waals surface area contributed by atoms with Gasteiger partial charge in [-0.1, -0.05) is 36.4 Å². The average molecular weight is 301 g/mol. The molecule has 0 amide bonds. The number of Topliss-reactive ketones (excluding diaryl/α,β-unsaturated/α-hetero) is 1. The quantitative estimate of drug-likeness (QED) is 0.749. The van der Waals surface area contributed by atoms with Crippen LogP contribution in [0.15, 0.2) is 36.4 Å². The van der Waals surface area contributed by atoms with Crippen LogP contribution in [0.4, 0.5) is 0 Å². The molecule has 2 heteroatoms. The van der Waals surface area contributed by atoms with Crippen LogP contribution in [0.2, 0.25) is 0 Å². The Morgan fingerprint density at radius 2 is 2.04 bits per heavy atom. The van der Waals surface area contributed by atoms with E-state index in [1.165, 1.54) is 37.9 Å². The van der Waals surface area contributed by atoms with Crippen molar-refractivity contribution < 1.29 is 4.79 Å². The molecule has 0 saturated carbocycles. The van der Waals surface area contributed by atoms with Crippen LogP contribution in [0.1, 0.15) is 17.5 Å². The zero-order valence-corrected chi connectivity index (χ0v) is 13.3. The largest absolute Gasteiger partial charge is 0.316 e. The van der Waals surface area contributed by atoms with Crippen LogP contribution in [-0.2, 0) is 11.2 Å². The summed E-state index contributed by atoms with van der Waals surface area (Å²) >= 11 is 0. The number of ketones is 1. The zero-order valence-electron chi connectivity index (χ0n) is 13.3. The standard InChI is InChI=1S/C21H19NO/c1-12-9-17-19(15-7-8-22-11-15)18(23)10-14-6-5-13-3-2-4-16(12)20(13)21(14)17/h2-6,9,15,22H,7-8,10-11H2,1H3. The van der Waals surface area contributed by atoms with Gasteiger partial charge in [0.15, 0.2) is 5.78 Å². The highest BCUT2D eigenvalue weighted by Crippen LogP contribution is 2.34. The molecule has 5 rings (SSSR count). The maximum absolute atomic E-state index is 12.9. The second kappa shape index (κ2) is 4.65. The van der Waals surface area contributed by atoms with Crippen molar-refractivity contribution >= 4 is 32.9 Å². The molecule has 0 bridgehead atoms. The fourth-order valence-electron chi connectivity index (χ4n) is 4.55. The van der Waals surface area contributed by atoms with Gasteiger partial charge in [-0.25, -0.2) is 0 Å². The molecule has 1 saturated heterocycles. The molecule has 1 aliphatic carbocycles. The van der Waals surface area contributed by atoms with E-state index in [2.05, 4.69) is 48.6 Å². The van der Waals surface area contributed by atoms with Crippen molar-refractivity contribution in [3.8, 4) is 0 Å². The van der Waals surface area contributed by atoms with Crippen LogP contribution in [-0.4, -0.2) is 18.9 Å². The SMILES string of the molecule is Cc1cc2c3c(ccc4cccc1c43)CC(=O)C=2C1CCNC1. The van der Waals surface area contributed by atoms with Crippen LogP contribution in [0.25, 0.3) is 27.1 Å². The number of hydrogen-bond acceptors (Lipinski definition) is 2. The van der Waals surface area contributed by atoms with E-state index in [0.29, 0.717) is 18.1 Å². The maximum Gasteiger partial charge on any atom is 0.164 e. The van der Waals surface area contributed by atoms with Crippen molar-refractivity contribution in [1.82, 2.24) is 5.32 Å². The molecule has 23 heavy (non-hydrogen) atoms. The van der Waals surface area contributed by atoms with E-state index >= 15 is 0 Å². The van der Waals surface area contributed by atoms with Gasteiger partial charge in [0, 0.05) is 24.5 Å². The van der Waals surface area contributed by atoms with Gasteiger partial charge in [0.05, 0.1) is 0 Å². The molecule has 1 heterocycles. The van der Waals surface area contributed by atoms with Crippen LogP contribution >= 0.6 is 0 Å². The Kier molecular flexibility index (Phi) is 2.68. The summed E-state index contributed by atoms with van der Waals surface area (Å²) < 4.78 is 0. The van der Waals surface area contributed by atoms with Gasteiger partial charge in [-0.3, -0.25) is 4.79 Å². The van der Waals surface area contributed by atoms with Crippen molar-refractivity contribution in [2.24, 2.45) is 5.92 Å². The fourth-order valence-corrected chi connectivity index (χ4v) is 4.55. The number of benzene rings is 3. The Bertz CT molecular complexity index is 1030. The first kappa shape index (κ1) is 13.3. The summed E-state index contributed by atoms with van der Waals surface area (Å²) in [6, 6.07) is 13.1. The monoisotopic (exact) mass is 301 g/mol. The molecule has 1 aliphatic heterocycles. The minimum Gasteiger partial charge on any atom is -0.316 e. The fraction of sp³-hybridized carbons (Fsp3) is 0.286.